The summed E-state index contributed by atoms with van der Waals surface area (Å²) in [6, 6.07) is -0.915. The number of carboxylic acids is 1. The van der Waals surface area contributed by atoms with E-state index in [0.29, 0.717) is 6.54 Å². The van der Waals surface area contributed by atoms with Crippen LogP contribution in [0.15, 0.2) is 0 Å². The molecule has 1 aliphatic rings. The van der Waals surface area contributed by atoms with Crippen LogP contribution in [0.5, 0.6) is 0 Å². The molecule has 1 saturated heterocycles. The maximum absolute atomic E-state index is 11.0. The lowest BCUT2D eigenvalue weighted by Gasteiger charge is -2.37. The summed E-state index contributed by atoms with van der Waals surface area (Å²) in [7, 11) is 0. The number of hydrogen-bond acceptors (Lipinski definition) is 4. The molecule has 0 aromatic rings. The van der Waals surface area contributed by atoms with E-state index >= 15 is 0 Å². The number of carbonyl (C=O) groups is 2. The Labute approximate surface area is 101 Å². The maximum atomic E-state index is 11.0. The molecule has 17 heavy (non-hydrogen) atoms. The van der Waals surface area contributed by atoms with Crippen molar-refractivity contribution in [1.29, 1.82) is 0 Å². The number of carbonyl (C=O) groups excluding carboxylic acids is 1. The van der Waals surface area contributed by atoms with Crippen LogP contribution < -0.4 is 5.32 Å². The second-order valence-corrected chi connectivity index (χ2v) is 4.93. The molecule has 0 aromatic carbocycles. The number of carboxylic acid groups (broad SMARTS) is 1. The van der Waals surface area contributed by atoms with Crippen molar-refractivity contribution in [2.24, 2.45) is 0 Å². The molecule has 6 nitrogen and oxygen atoms in total. The fraction of sp³-hybridized carbons (Fsp3) is 0.818. The van der Waals surface area contributed by atoms with E-state index in [0.717, 1.165) is 19.4 Å². The lowest BCUT2D eigenvalue weighted by Crippen LogP contribution is -2.53. The molecule has 1 rings (SSSR count). The smallest absolute Gasteiger partial charge is 0.327 e. The van der Waals surface area contributed by atoms with Gasteiger partial charge in [-0.1, -0.05) is 0 Å². The minimum absolute atomic E-state index is 0.227. The highest BCUT2D eigenvalue weighted by Crippen LogP contribution is 2.20. The number of nitrogens with one attached hydrogen (secondary N) is 1. The Morgan fingerprint density at radius 2 is 2.18 bits per heavy atom. The van der Waals surface area contributed by atoms with Crippen molar-refractivity contribution in [3.63, 3.8) is 0 Å². The van der Waals surface area contributed by atoms with Gasteiger partial charge >= 0.3 is 5.97 Å². The topological polar surface area (TPSA) is 89.9 Å². The van der Waals surface area contributed by atoms with Gasteiger partial charge in [0.15, 0.2) is 0 Å². The van der Waals surface area contributed by atoms with Crippen LogP contribution >= 0.6 is 0 Å². The molecular weight excluding hydrogens is 224 g/mol. The van der Waals surface area contributed by atoms with Gasteiger partial charge in [-0.3, -0.25) is 9.69 Å². The number of rotatable bonds is 4. The molecule has 1 heterocycles. The van der Waals surface area contributed by atoms with E-state index in [1.165, 1.54) is 6.92 Å². The van der Waals surface area contributed by atoms with Gasteiger partial charge in [0.1, 0.15) is 6.04 Å². The Morgan fingerprint density at radius 3 is 2.65 bits per heavy atom. The van der Waals surface area contributed by atoms with Crippen molar-refractivity contribution >= 4 is 11.9 Å². The quantitative estimate of drug-likeness (QED) is 0.616. The van der Waals surface area contributed by atoms with Gasteiger partial charge in [-0.2, -0.15) is 0 Å². The molecule has 1 amide bonds. The Bertz CT molecular complexity index is 304. The summed E-state index contributed by atoms with van der Waals surface area (Å²) >= 11 is 0. The molecular formula is C11H20N2O4. The monoisotopic (exact) mass is 244 g/mol. The van der Waals surface area contributed by atoms with Crippen molar-refractivity contribution < 1.29 is 19.8 Å². The van der Waals surface area contributed by atoms with E-state index in [-0.39, 0.29) is 12.5 Å². The fourth-order valence-electron chi connectivity index (χ4n) is 2.17. The molecule has 0 radical (unpaired) electrons. The van der Waals surface area contributed by atoms with E-state index in [1.54, 1.807) is 6.92 Å². The predicted octanol–water partition coefficient (Wildman–Crippen LogP) is -0.577. The average molecular weight is 244 g/mol. The number of hydrogen-bond donors (Lipinski definition) is 3. The number of piperidine rings is 1. The molecule has 6 heteroatoms. The van der Waals surface area contributed by atoms with Crippen LogP contribution in [0.1, 0.15) is 26.7 Å². The van der Waals surface area contributed by atoms with E-state index < -0.39 is 17.6 Å². The summed E-state index contributed by atoms with van der Waals surface area (Å²) in [5.41, 5.74) is -0.766. The summed E-state index contributed by atoms with van der Waals surface area (Å²) in [5, 5.41) is 21.3. The van der Waals surface area contributed by atoms with Crippen molar-refractivity contribution in [3.8, 4) is 0 Å². The van der Waals surface area contributed by atoms with Crippen molar-refractivity contribution in [2.75, 3.05) is 19.6 Å². The van der Waals surface area contributed by atoms with Crippen LogP contribution in [0.2, 0.25) is 0 Å². The van der Waals surface area contributed by atoms with Crippen LogP contribution in [0.4, 0.5) is 0 Å². The molecule has 0 spiro atoms. The van der Waals surface area contributed by atoms with Crippen LogP contribution in [0.25, 0.3) is 0 Å². The molecule has 1 aliphatic heterocycles. The Morgan fingerprint density at radius 1 is 1.53 bits per heavy atom. The molecule has 0 saturated carbocycles. The minimum atomic E-state index is -1.05. The largest absolute Gasteiger partial charge is 0.480 e. The number of aliphatic hydroxyl groups is 1. The van der Waals surface area contributed by atoms with Crippen molar-refractivity contribution in [3.05, 3.63) is 0 Å². The normalized spacial score (nSPS) is 27.5. The average Bonchev–Trinajstić information content (AvgIpc) is 2.14. The van der Waals surface area contributed by atoms with Gasteiger partial charge in [0.2, 0.25) is 5.91 Å². The van der Waals surface area contributed by atoms with E-state index in [9.17, 15) is 14.7 Å². The molecule has 3 N–H and O–H groups in total. The number of aliphatic carboxylic acids is 1. The van der Waals surface area contributed by atoms with E-state index in [2.05, 4.69) is 5.32 Å². The number of likely N-dealkylation sites (tertiary alicyclic amines) is 1. The van der Waals surface area contributed by atoms with E-state index in [4.69, 9.17) is 5.11 Å². The van der Waals surface area contributed by atoms with Crippen molar-refractivity contribution in [1.82, 2.24) is 10.2 Å². The van der Waals surface area contributed by atoms with E-state index in [1.807, 2.05) is 4.90 Å². The third kappa shape index (κ3) is 4.70. The molecule has 2 unspecified atom stereocenters. The summed E-state index contributed by atoms with van der Waals surface area (Å²) in [6.07, 6.45) is 1.56. The van der Waals surface area contributed by atoms with Gasteiger partial charge in [-0.25, -0.2) is 4.79 Å². The highest BCUT2D eigenvalue weighted by molar-refractivity contribution is 5.82. The third-order valence-electron chi connectivity index (χ3n) is 2.87. The predicted molar refractivity (Wildman–Crippen MR) is 61.5 cm³/mol. The van der Waals surface area contributed by atoms with Gasteiger partial charge < -0.3 is 15.5 Å². The van der Waals surface area contributed by atoms with Gasteiger partial charge in [-0.05, 0) is 26.3 Å². The van der Waals surface area contributed by atoms with Gasteiger partial charge in [0, 0.05) is 20.0 Å². The van der Waals surface area contributed by atoms with Crippen molar-refractivity contribution in [2.45, 2.75) is 38.3 Å². The Hall–Kier alpha value is -1.14. The molecule has 98 valence electrons. The first-order valence-electron chi connectivity index (χ1n) is 5.75. The first-order chi connectivity index (χ1) is 7.80. The van der Waals surface area contributed by atoms with Crippen LogP contribution in [-0.2, 0) is 9.59 Å². The minimum Gasteiger partial charge on any atom is -0.480 e. The number of amides is 1. The zero-order valence-corrected chi connectivity index (χ0v) is 10.3. The summed E-state index contributed by atoms with van der Waals surface area (Å²) in [6.45, 7) is 4.45. The first kappa shape index (κ1) is 13.9. The fourth-order valence-corrected chi connectivity index (χ4v) is 2.17. The second kappa shape index (κ2) is 5.46. The SMILES string of the molecule is CC(=O)NC(CN1CCCC(C)(O)C1)C(=O)O. The van der Waals surface area contributed by atoms with Gasteiger partial charge in [-0.15, -0.1) is 0 Å². The number of β-amino-alcohol motifs (C(OH)–C–C–N with tert-alkyl or cyclic N) is 1. The molecule has 1 fully saturated rings. The second-order valence-electron chi connectivity index (χ2n) is 4.93. The third-order valence-corrected chi connectivity index (χ3v) is 2.87. The lowest BCUT2D eigenvalue weighted by molar-refractivity contribution is -0.142. The van der Waals surface area contributed by atoms with Crippen LogP contribution in [0, 0.1) is 0 Å². The molecule has 0 aromatic heterocycles. The summed E-state index contributed by atoms with van der Waals surface area (Å²) in [4.78, 5) is 23.7. The highest BCUT2D eigenvalue weighted by Gasteiger charge is 2.31. The van der Waals surface area contributed by atoms with Crippen LogP contribution in [-0.4, -0.2) is 58.3 Å². The number of nitrogens with zero attached hydrogens (tertiary/aromatic N) is 1. The lowest BCUT2D eigenvalue weighted by atomic mass is 9.95. The van der Waals surface area contributed by atoms with Gasteiger partial charge in [0.05, 0.1) is 5.60 Å². The molecule has 0 aliphatic carbocycles. The van der Waals surface area contributed by atoms with Crippen LogP contribution in [0.3, 0.4) is 0 Å². The highest BCUT2D eigenvalue weighted by atomic mass is 16.4. The molecule has 0 bridgehead atoms. The summed E-state index contributed by atoms with van der Waals surface area (Å²) < 4.78 is 0. The maximum Gasteiger partial charge on any atom is 0.327 e. The zero-order valence-electron chi connectivity index (χ0n) is 10.3. The Balaban J connectivity index is 2.55. The summed E-state index contributed by atoms with van der Waals surface area (Å²) in [5.74, 6) is -1.41. The standard InChI is InChI=1S/C11H20N2O4/c1-8(14)12-9(10(15)16)6-13-5-3-4-11(2,17)7-13/h9,17H,3-7H2,1-2H3,(H,12,14)(H,15,16). The molecule has 2 atom stereocenters. The zero-order chi connectivity index (χ0) is 13.1. The van der Waals surface area contributed by atoms with Gasteiger partial charge in [0.25, 0.3) is 0 Å². The first-order valence-corrected chi connectivity index (χ1v) is 5.75. The Kier molecular flexibility index (Phi) is 4.47.